The molecule has 8 heteroatoms. The van der Waals surface area contributed by atoms with Crippen molar-refractivity contribution >= 4 is 23.5 Å². The standard InChI is InChI=1S/C22H32N4O3S/c1-5-10-26(4)20-12-18(15(2)3)24-22(25-20)30-14-17-8-9-19(29-17)21(27)23-13-16-7-6-11-28-16/h8-9,12,15-16H,5-7,10-11,13-14H2,1-4H3,(H,23,27). The van der Waals surface area contributed by atoms with Crippen LogP contribution in [0.4, 0.5) is 5.82 Å². The average Bonchev–Trinajstić information content (AvgIpc) is 3.42. The van der Waals surface area contributed by atoms with E-state index in [4.69, 9.17) is 19.1 Å². The van der Waals surface area contributed by atoms with E-state index in [1.807, 2.05) is 6.07 Å². The molecule has 164 valence electrons. The number of carbonyl (C=O) groups is 1. The molecule has 0 aromatic carbocycles. The van der Waals surface area contributed by atoms with Crippen molar-refractivity contribution in [1.29, 1.82) is 0 Å². The first-order valence-corrected chi connectivity index (χ1v) is 11.7. The maximum absolute atomic E-state index is 12.3. The van der Waals surface area contributed by atoms with E-state index >= 15 is 0 Å². The van der Waals surface area contributed by atoms with E-state index in [9.17, 15) is 4.79 Å². The molecule has 1 unspecified atom stereocenters. The molecule has 2 aromatic heterocycles. The predicted octanol–water partition coefficient (Wildman–Crippen LogP) is 4.24. The lowest BCUT2D eigenvalue weighted by atomic mass is 10.1. The lowest BCUT2D eigenvalue weighted by molar-refractivity contribution is 0.0834. The van der Waals surface area contributed by atoms with E-state index in [1.54, 1.807) is 6.07 Å². The number of carbonyl (C=O) groups excluding carboxylic acids is 1. The molecule has 1 atom stereocenters. The van der Waals surface area contributed by atoms with Crippen LogP contribution < -0.4 is 10.2 Å². The van der Waals surface area contributed by atoms with Crippen LogP contribution in [0.5, 0.6) is 0 Å². The van der Waals surface area contributed by atoms with Gasteiger partial charge in [0.1, 0.15) is 11.6 Å². The quantitative estimate of drug-likeness (QED) is 0.444. The third-order valence-electron chi connectivity index (χ3n) is 5.00. The van der Waals surface area contributed by atoms with Crippen molar-refractivity contribution in [1.82, 2.24) is 15.3 Å². The fraction of sp³-hybridized carbons (Fsp3) is 0.591. The maximum atomic E-state index is 12.3. The minimum atomic E-state index is -0.205. The fourth-order valence-electron chi connectivity index (χ4n) is 3.25. The molecule has 0 saturated carbocycles. The number of nitrogens with one attached hydrogen (secondary N) is 1. The first-order chi connectivity index (χ1) is 14.5. The van der Waals surface area contributed by atoms with E-state index < -0.39 is 0 Å². The molecular weight excluding hydrogens is 400 g/mol. The molecule has 0 bridgehead atoms. The zero-order valence-electron chi connectivity index (χ0n) is 18.3. The van der Waals surface area contributed by atoms with Gasteiger partial charge in [0.2, 0.25) is 0 Å². The summed E-state index contributed by atoms with van der Waals surface area (Å²) in [5, 5.41) is 3.61. The molecule has 1 aliphatic heterocycles. The van der Waals surface area contributed by atoms with Gasteiger partial charge < -0.3 is 19.4 Å². The van der Waals surface area contributed by atoms with Crippen LogP contribution in [0.25, 0.3) is 0 Å². The number of hydrogen-bond donors (Lipinski definition) is 1. The molecule has 0 spiro atoms. The third kappa shape index (κ3) is 6.22. The zero-order valence-corrected chi connectivity index (χ0v) is 19.1. The van der Waals surface area contributed by atoms with Gasteiger partial charge in [0.25, 0.3) is 5.91 Å². The summed E-state index contributed by atoms with van der Waals surface area (Å²) in [6.07, 6.45) is 3.22. The molecule has 1 N–H and O–H groups in total. The van der Waals surface area contributed by atoms with Gasteiger partial charge in [-0.3, -0.25) is 4.79 Å². The summed E-state index contributed by atoms with van der Waals surface area (Å²) in [4.78, 5) is 23.9. The summed E-state index contributed by atoms with van der Waals surface area (Å²) in [7, 11) is 2.05. The molecule has 1 saturated heterocycles. The van der Waals surface area contributed by atoms with Crippen molar-refractivity contribution in [3.8, 4) is 0 Å². The first-order valence-electron chi connectivity index (χ1n) is 10.7. The Morgan fingerprint density at radius 3 is 2.90 bits per heavy atom. The van der Waals surface area contributed by atoms with Crippen molar-refractivity contribution in [2.75, 3.05) is 31.6 Å². The van der Waals surface area contributed by atoms with Crippen LogP contribution in [0.1, 0.15) is 68.0 Å². The minimum Gasteiger partial charge on any atom is -0.455 e. The number of hydrogen-bond acceptors (Lipinski definition) is 7. The number of anilines is 1. The molecule has 0 radical (unpaired) electrons. The van der Waals surface area contributed by atoms with Gasteiger partial charge in [0.05, 0.1) is 11.9 Å². The van der Waals surface area contributed by atoms with E-state index in [0.717, 1.165) is 54.8 Å². The van der Waals surface area contributed by atoms with Gasteiger partial charge in [0.15, 0.2) is 10.9 Å². The number of nitrogens with zero attached hydrogens (tertiary/aromatic N) is 3. The minimum absolute atomic E-state index is 0.115. The lowest BCUT2D eigenvalue weighted by Crippen LogP contribution is -2.31. The van der Waals surface area contributed by atoms with Crippen molar-refractivity contribution in [3.63, 3.8) is 0 Å². The van der Waals surface area contributed by atoms with Gasteiger partial charge in [-0.05, 0) is 37.3 Å². The van der Waals surface area contributed by atoms with E-state index in [-0.39, 0.29) is 12.0 Å². The topological polar surface area (TPSA) is 80.5 Å². The summed E-state index contributed by atoms with van der Waals surface area (Å²) in [5.74, 6) is 2.67. The number of furan rings is 1. The number of amides is 1. The van der Waals surface area contributed by atoms with Crippen LogP contribution in [-0.2, 0) is 10.5 Å². The van der Waals surface area contributed by atoms with Crippen molar-refractivity contribution in [2.24, 2.45) is 0 Å². The highest BCUT2D eigenvalue weighted by Gasteiger charge is 2.18. The fourth-order valence-corrected chi connectivity index (χ4v) is 4.00. The number of aromatic nitrogens is 2. The Balaban J connectivity index is 1.60. The van der Waals surface area contributed by atoms with Gasteiger partial charge >= 0.3 is 0 Å². The molecule has 30 heavy (non-hydrogen) atoms. The van der Waals surface area contributed by atoms with Gasteiger partial charge in [-0.15, -0.1) is 0 Å². The largest absolute Gasteiger partial charge is 0.455 e. The Hall–Kier alpha value is -2.06. The van der Waals surface area contributed by atoms with Crippen molar-refractivity contribution in [3.05, 3.63) is 35.4 Å². The molecule has 0 aliphatic carbocycles. The molecular formula is C22H32N4O3S. The predicted molar refractivity (Wildman–Crippen MR) is 119 cm³/mol. The molecule has 2 aromatic rings. The average molecular weight is 433 g/mol. The van der Waals surface area contributed by atoms with Gasteiger partial charge in [-0.1, -0.05) is 32.5 Å². The highest BCUT2D eigenvalue weighted by Crippen LogP contribution is 2.26. The molecule has 7 nitrogen and oxygen atoms in total. The second kappa shape index (κ2) is 10.8. The Bertz CT molecular complexity index is 834. The summed E-state index contributed by atoms with van der Waals surface area (Å²) in [6, 6.07) is 5.62. The molecule has 1 aliphatic rings. The Morgan fingerprint density at radius 2 is 2.20 bits per heavy atom. The Morgan fingerprint density at radius 1 is 1.37 bits per heavy atom. The second-order valence-corrected chi connectivity index (χ2v) is 8.85. The maximum Gasteiger partial charge on any atom is 0.287 e. The van der Waals surface area contributed by atoms with E-state index in [0.29, 0.717) is 24.0 Å². The SMILES string of the molecule is CCCN(C)c1cc(C(C)C)nc(SCc2ccc(C(=O)NCC3CCCO3)o2)n1. The van der Waals surface area contributed by atoms with E-state index in [2.05, 4.69) is 44.1 Å². The normalized spacial score (nSPS) is 16.2. The summed E-state index contributed by atoms with van der Waals surface area (Å²) in [6.45, 7) is 8.67. The van der Waals surface area contributed by atoms with Gasteiger partial charge in [-0.25, -0.2) is 9.97 Å². The molecule has 3 heterocycles. The van der Waals surface area contributed by atoms with Crippen LogP contribution >= 0.6 is 11.8 Å². The summed E-state index contributed by atoms with van der Waals surface area (Å²) < 4.78 is 11.3. The molecule has 1 amide bonds. The van der Waals surface area contributed by atoms with E-state index in [1.165, 1.54) is 11.8 Å². The van der Waals surface area contributed by atoms with Crippen LogP contribution in [0.2, 0.25) is 0 Å². The summed E-state index contributed by atoms with van der Waals surface area (Å²) in [5.41, 5.74) is 1.03. The highest BCUT2D eigenvalue weighted by molar-refractivity contribution is 7.98. The smallest absolute Gasteiger partial charge is 0.287 e. The number of rotatable bonds is 10. The molecule has 3 rings (SSSR count). The number of thioether (sulfide) groups is 1. The number of ether oxygens (including phenoxy) is 1. The third-order valence-corrected chi connectivity index (χ3v) is 5.87. The Kier molecular flexibility index (Phi) is 8.16. The van der Waals surface area contributed by atoms with Crippen molar-refractivity contribution < 1.29 is 13.9 Å². The lowest BCUT2D eigenvalue weighted by Gasteiger charge is -2.19. The van der Waals surface area contributed by atoms with Crippen LogP contribution in [0, 0.1) is 0 Å². The van der Waals surface area contributed by atoms with Crippen LogP contribution in [0.3, 0.4) is 0 Å². The zero-order chi connectivity index (χ0) is 21.5. The monoisotopic (exact) mass is 432 g/mol. The Labute approximate surface area is 183 Å². The van der Waals surface area contributed by atoms with Crippen LogP contribution in [-0.4, -0.2) is 48.7 Å². The second-order valence-electron chi connectivity index (χ2n) is 7.91. The van der Waals surface area contributed by atoms with Crippen LogP contribution in [0.15, 0.2) is 27.8 Å². The molecule has 1 fully saturated rings. The van der Waals surface area contributed by atoms with Gasteiger partial charge in [0, 0.05) is 38.5 Å². The van der Waals surface area contributed by atoms with Gasteiger partial charge in [-0.2, -0.15) is 0 Å². The first kappa shape index (κ1) is 22.6. The van der Waals surface area contributed by atoms with Crippen molar-refractivity contribution in [2.45, 2.75) is 63.0 Å². The highest BCUT2D eigenvalue weighted by atomic mass is 32.2. The summed E-state index contributed by atoms with van der Waals surface area (Å²) >= 11 is 1.52.